The first kappa shape index (κ1) is 18.2. The molecule has 27 heavy (non-hydrogen) atoms. The fourth-order valence-electron chi connectivity index (χ4n) is 2.57. The molecule has 0 aromatic heterocycles. The molecule has 3 aromatic rings. The molecule has 3 rings (SSSR count). The van der Waals surface area contributed by atoms with E-state index in [9.17, 15) is 9.59 Å². The molecule has 0 aliphatic rings. The molecule has 0 spiro atoms. The van der Waals surface area contributed by atoms with E-state index in [2.05, 4.69) is 10.6 Å². The van der Waals surface area contributed by atoms with E-state index in [1.54, 1.807) is 24.3 Å². The third-order valence-corrected chi connectivity index (χ3v) is 4.02. The molecule has 0 bridgehead atoms. The first-order chi connectivity index (χ1) is 13.2. The molecule has 0 atom stereocenters. The van der Waals surface area contributed by atoms with Gasteiger partial charge in [0.25, 0.3) is 11.8 Å². The summed E-state index contributed by atoms with van der Waals surface area (Å²) in [4.78, 5) is 24.0. The summed E-state index contributed by atoms with van der Waals surface area (Å²) in [6.07, 6.45) is 0. The van der Waals surface area contributed by atoms with Crippen molar-refractivity contribution in [1.29, 1.82) is 0 Å². The number of hydrogen-bond acceptors (Lipinski definition) is 3. The summed E-state index contributed by atoms with van der Waals surface area (Å²) in [7, 11) is 1.53. The fraction of sp³-hybridized carbons (Fsp3) is 0.0909. The Morgan fingerprint density at radius 2 is 1.44 bits per heavy atom. The first-order valence-electron chi connectivity index (χ1n) is 8.56. The van der Waals surface area contributed by atoms with Crippen molar-refractivity contribution in [3.63, 3.8) is 0 Å². The number of anilines is 1. The zero-order valence-electron chi connectivity index (χ0n) is 14.9. The maximum Gasteiger partial charge on any atom is 0.259 e. The van der Waals surface area contributed by atoms with Crippen LogP contribution >= 0.6 is 0 Å². The van der Waals surface area contributed by atoms with E-state index >= 15 is 0 Å². The monoisotopic (exact) mass is 360 g/mol. The number of likely N-dealkylation sites (N-methyl/N-ethyl adjacent to an activating group) is 1. The third-order valence-electron chi connectivity index (χ3n) is 4.02. The number of benzene rings is 3. The molecule has 0 fully saturated rings. The minimum absolute atomic E-state index is 0.146. The summed E-state index contributed by atoms with van der Waals surface area (Å²) >= 11 is 0. The Hall–Kier alpha value is -3.60. The lowest BCUT2D eigenvalue weighted by molar-refractivity contribution is -0.122. The Morgan fingerprint density at radius 3 is 2.15 bits per heavy atom. The van der Waals surface area contributed by atoms with Crippen LogP contribution in [-0.4, -0.2) is 25.5 Å². The molecule has 2 amide bonds. The van der Waals surface area contributed by atoms with Crippen molar-refractivity contribution in [3.05, 3.63) is 84.4 Å². The summed E-state index contributed by atoms with van der Waals surface area (Å²) in [5.74, 6) is -0.198. The largest absolute Gasteiger partial charge is 0.483 e. The summed E-state index contributed by atoms with van der Waals surface area (Å²) in [6.45, 7) is -0.146. The molecule has 3 aromatic carbocycles. The van der Waals surface area contributed by atoms with Crippen molar-refractivity contribution in [2.45, 2.75) is 0 Å². The third kappa shape index (κ3) is 4.73. The van der Waals surface area contributed by atoms with Gasteiger partial charge in [-0.1, -0.05) is 54.6 Å². The lowest BCUT2D eigenvalue weighted by Gasteiger charge is -2.11. The molecule has 0 heterocycles. The number of hydrogen-bond donors (Lipinski definition) is 2. The van der Waals surface area contributed by atoms with Crippen LogP contribution in [0.3, 0.4) is 0 Å². The molecule has 0 aliphatic heterocycles. The highest BCUT2D eigenvalue weighted by atomic mass is 16.5. The van der Waals surface area contributed by atoms with Crippen LogP contribution in [0.1, 0.15) is 10.4 Å². The summed E-state index contributed by atoms with van der Waals surface area (Å²) in [5, 5.41) is 5.34. The second kappa shape index (κ2) is 8.67. The Kier molecular flexibility index (Phi) is 5.84. The van der Waals surface area contributed by atoms with Crippen LogP contribution in [-0.2, 0) is 4.79 Å². The smallest absolute Gasteiger partial charge is 0.259 e. The SMILES string of the molecule is CNC(=O)COc1ccccc1C(=O)Nc1ccc(-c2ccccc2)cc1. The zero-order valence-corrected chi connectivity index (χ0v) is 14.9. The molecule has 136 valence electrons. The van der Waals surface area contributed by atoms with Gasteiger partial charge in [0.15, 0.2) is 6.61 Å². The highest BCUT2D eigenvalue weighted by Gasteiger charge is 2.13. The number of carbonyl (C=O) groups is 2. The Morgan fingerprint density at radius 1 is 0.815 bits per heavy atom. The quantitative estimate of drug-likeness (QED) is 0.704. The lowest BCUT2D eigenvalue weighted by Crippen LogP contribution is -2.25. The minimum atomic E-state index is -0.296. The van der Waals surface area contributed by atoms with E-state index in [0.29, 0.717) is 17.0 Å². The van der Waals surface area contributed by atoms with E-state index in [1.807, 2.05) is 54.6 Å². The first-order valence-corrected chi connectivity index (χ1v) is 8.56. The van der Waals surface area contributed by atoms with Crippen LogP contribution < -0.4 is 15.4 Å². The number of nitrogens with one attached hydrogen (secondary N) is 2. The molecule has 0 aliphatic carbocycles. The van der Waals surface area contributed by atoms with Crippen LogP contribution in [0.4, 0.5) is 5.69 Å². The van der Waals surface area contributed by atoms with Gasteiger partial charge >= 0.3 is 0 Å². The van der Waals surface area contributed by atoms with Crippen molar-refractivity contribution < 1.29 is 14.3 Å². The second-order valence-corrected chi connectivity index (χ2v) is 5.86. The van der Waals surface area contributed by atoms with Crippen LogP contribution in [0.2, 0.25) is 0 Å². The van der Waals surface area contributed by atoms with Gasteiger partial charge in [-0.3, -0.25) is 9.59 Å². The van der Waals surface area contributed by atoms with Crippen LogP contribution in [0, 0.1) is 0 Å². The standard InChI is InChI=1S/C22H20N2O3/c1-23-21(25)15-27-20-10-6-5-9-19(20)22(26)24-18-13-11-17(12-14-18)16-7-3-2-4-8-16/h2-14H,15H2,1H3,(H,23,25)(H,24,26). The van der Waals surface area contributed by atoms with Crippen LogP contribution in [0.15, 0.2) is 78.9 Å². The van der Waals surface area contributed by atoms with Gasteiger partial charge in [-0.2, -0.15) is 0 Å². The van der Waals surface area contributed by atoms with Crippen molar-refractivity contribution in [2.24, 2.45) is 0 Å². The molecule has 0 saturated heterocycles. The average Bonchev–Trinajstić information content (AvgIpc) is 2.73. The van der Waals surface area contributed by atoms with Gasteiger partial charge in [0.1, 0.15) is 5.75 Å². The molecule has 0 saturated carbocycles. The van der Waals surface area contributed by atoms with Crippen molar-refractivity contribution in [3.8, 4) is 16.9 Å². The highest BCUT2D eigenvalue weighted by Crippen LogP contribution is 2.23. The number of carbonyl (C=O) groups excluding carboxylic acids is 2. The second-order valence-electron chi connectivity index (χ2n) is 5.86. The molecular formula is C22H20N2O3. The van der Waals surface area contributed by atoms with E-state index in [4.69, 9.17) is 4.74 Å². The number of para-hydroxylation sites is 1. The summed E-state index contributed by atoms with van der Waals surface area (Å²) in [6, 6.07) is 24.5. The number of ether oxygens (including phenoxy) is 1. The zero-order chi connectivity index (χ0) is 19.1. The molecule has 5 nitrogen and oxygen atoms in total. The molecule has 2 N–H and O–H groups in total. The van der Waals surface area contributed by atoms with E-state index < -0.39 is 0 Å². The van der Waals surface area contributed by atoms with Gasteiger partial charge < -0.3 is 15.4 Å². The highest BCUT2D eigenvalue weighted by molar-refractivity contribution is 6.06. The predicted octanol–water partition coefficient (Wildman–Crippen LogP) is 3.73. The average molecular weight is 360 g/mol. The Labute approximate surface area is 158 Å². The van der Waals surface area contributed by atoms with Gasteiger partial charge in [-0.15, -0.1) is 0 Å². The summed E-state index contributed by atoms with van der Waals surface area (Å²) in [5.41, 5.74) is 3.24. The maximum absolute atomic E-state index is 12.6. The van der Waals surface area contributed by atoms with Gasteiger partial charge in [-0.05, 0) is 35.4 Å². The van der Waals surface area contributed by atoms with Crippen molar-refractivity contribution in [1.82, 2.24) is 5.32 Å². The van der Waals surface area contributed by atoms with Gasteiger partial charge in [-0.25, -0.2) is 0 Å². The topological polar surface area (TPSA) is 67.4 Å². The maximum atomic E-state index is 12.6. The normalized spacial score (nSPS) is 10.1. The number of amides is 2. The van der Waals surface area contributed by atoms with Crippen molar-refractivity contribution in [2.75, 3.05) is 19.0 Å². The summed E-state index contributed by atoms with van der Waals surface area (Å²) < 4.78 is 5.45. The van der Waals surface area contributed by atoms with Gasteiger partial charge in [0.2, 0.25) is 0 Å². The minimum Gasteiger partial charge on any atom is -0.483 e. The molecular weight excluding hydrogens is 340 g/mol. The van der Waals surface area contributed by atoms with Crippen molar-refractivity contribution >= 4 is 17.5 Å². The Bertz CT molecular complexity index is 922. The van der Waals surface area contributed by atoms with Crippen LogP contribution in [0.5, 0.6) is 5.75 Å². The van der Waals surface area contributed by atoms with E-state index in [0.717, 1.165) is 11.1 Å². The van der Waals surface area contributed by atoms with E-state index in [-0.39, 0.29) is 18.4 Å². The molecule has 0 unspecified atom stereocenters. The Balaban J connectivity index is 1.71. The van der Waals surface area contributed by atoms with Crippen LogP contribution in [0.25, 0.3) is 11.1 Å². The predicted molar refractivity (Wildman–Crippen MR) is 106 cm³/mol. The fourth-order valence-corrected chi connectivity index (χ4v) is 2.57. The van der Waals surface area contributed by atoms with E-state index in [1.165, 1.54) is 7.05 Å². The van der Waals surface area contributed by atoms with Gasteiger partial charge in [0.05, 0.1) is 5.56 Å². The van der Waals surface area contributed by atoms with Gasteiger partial charge in [0, 0.05) is 12.7 Å². The molecule has 0 radical (unpaired) electrons. The number of rotatable bonds is 6. The lowest BCUT2D eigenvalue weighted by atomic mass is 10.1. The molecule has 5 heteroatoms.